The van der Waals surface area contributed by atoms with Gasteiger partial charge in [-0.05, 0) is 6.42 Å². The van der Waals surface area contributed by atoms with Crippen molar-refractivity contribution in [3.05, 3.63) is 0 Å². The molecule has 58 valence electrons. The van der Waals surface area contributed by atoms with Gasteiger partial charge in [-0.25, -0.2) is 4.79 Å². The van der Waals surface area contributed by atoms with Gasteiger partial charge in [0.05, 0.1) is 0 Å². The minimum atomic E-state index is -1.56. The molecule has 0 heterocycles. The summed E-state index contributed by atoms with van der Waals surface area (Å²) in [6.07, 6.45) is -2.13. The van der Waals surface area contributed by atoms with Crippen LogP contribution in [0.5, 0.6) is 0 Å². The van der Waals surface area contributed by atoms with E-state index in [0.29, 0.717) is 0 Å². The van der Waals surface area contributed by atoms with Gasteiger partial charge in [-0.15, -0.1) is 0 Å². The molecule has 0 bridgehead atoms. The topological polar surface area (TPSA) is 94.8 Å². The zero-order chi connectivity index (χ0) is 8.15. The van der Waals surface area contributed by atoms with Gasteiger partial charge >= 0.3 is 71.1 Å². The molecule has 1 atom stereocenters. The van der Waals surface area contributed by atoms with E-state index in [9.17, 15) is 9.59 Å². The maximum absolute atomic E-state index is 9.87. The quantitative estimate of drug-likeness (QED) is 0.387. The molecule has 0 fully saturated rings. The second-order valence-electron chi connectivity index (χ2n) is 1.79. The summed E-state index contributed by atoms with van der Waals surface area (Å²) < 4.78 is 0. The van der Waals surface area contributed by atoms with Gasteiger partial charge < -0.3 is 15.3 Å². The number of carbonyl (C=O) groups is 2. The first-order chi connectivity index (χ1) is 4.54. The molecule has 0 aliphatic carbocycles. The van der Waals surface area contributed by atoms with Crippen LogP contribution in [0.3, 0.4) is 0 Å². The third-order valence-electron chi connectivity index (χ3n) is 0.917. The van der Waals surface area contributed by atoms with Gasteiger partial charge in [0, 0.05) is 6.42 Å². The van der Waals surface area contributed by atoms with E-state index in [-0.39, 0.29) is 72.0 Å². The number of hydrogen-bond acceptors (Lipinski definition) is 3. The molecule has 7 heteroatoms. The fraction of sp³-hybridized carbons (Fsp3) is 0.600. The molecule has 0 aliphatic heterocycles. The summed E-state index contributed by atoms with van der Waals surface area (Å²) in [7, 11) is 0. The van der Waals surface area contributed by atoms with Crippen LogP contribution in [0.2, 0.25) is 0 Å². The second kappa shape index (κ2) is 9.98. The Labute approximate surface area is 114 Å². The average Bonchev–Trinajstić information content (AvgIpc) is 1.82. The Morgan fingerprint density at radius 1 is 1.17 bits per heavy atom. The Kier molecular flexibility index (Phi) is 15.5. The van der Waals surface area contributed by atoms with E-state index in [0.717, 1.165) is 0 Å². The molecule has 0 aromatic heterocycles. The standard InChI is InChI=1S/C5H8O5.2Na/c6-3(5(9)10)1-2-4(7)8;;/h3,6H,1-2H2,(H,7,8)(H,9,10);;/q;2*+1/t3-;;/m1../s1. The third-order valence-corrected chi connectivity index (χ3v) is 0.917. The van der Waals surface area contributed by atoms with Crippen molar-refractivity contribution in [3.8, 4) is 0 Å². The fourth-order valence-corrected chi connectivity index (χ4v) is 0.384. The second-order valence-corrected chi connectivity index (χ2v) is 1.79. The van der Waals surface area contributed by atoms with Crippen molar-refractivity contribution in [3.63, 3.8) is 0 Å². The summed E-state index contributed by atoms with van der Waals surface area (Å²) in [6, 6.07) is 0. The average molecular weight is 194 g/mol. The Morgan fingerprint density at radius 2 is 1.58 bits per heavy atom. The van der Waals surface area contributed by atoms with Crippen molar-refractivity contribution in [1.82, 2.24) is 0 Å². The number of aliphatic carboxylic acids is 2. The molecule has 0 unspecified atom stereocenters. The number of carboxylic acid groups (broad SMARTS) is 2. The molecule has 12 heavy (non-hydrogen) atoms. The van der Waals surface area contributed by atoms with E-state index in [1.807, 2.05) is 0 Å². The van der Waals surface area contributed by atoms with Crippen LogP contribution in [0.1, 0.15) is 12.8 Å². The van der Waals surface area contributed by atoms with Crippen molar-refractivity contribution in [2.45, 2.75) is 18.9 Å². The zero-order valence-electron chi connectivity index (χ0n) is 7.15. The summed E-state index contributed by atoms with van der Waals surface area (Å²) >= 11 is 0. The summed E-state index contributed by atoms with van der Waals surface area (Å²) in [5, 5.41) is 24.6. The van der Waals surface area contributed by atoms with Crippen LogP contribution in [0, 0.1) is 0 Å². The number of aliphatic hydroxyl groups is 1. The Morgan fingerprint density at radius 3 is 1.83 bits per heavy atom. The van der Waals surface area contributed by atoms with Gasteiger partial charge in [-0.1, -0.05) is 0 Å². The van der Waals surface area contributed by atoms with E-state index in [2.05, 4.69) is 0 Å². The molecule has 0 amide bonds. The molecule has 0 aromatic rings. The van der Waals surface area contributed by atoms with Crippen LogP contribution in [0.25, 0.3) is 0 Å². The Balaban J connectivity index is -0.000000405. The van der Waals surface area contributed by atoms with Crippen LogP contribution in [-0.2, 0) is 9.59 Å². The van der Waals surface area contributed by atoms with E-state index in [1.54, 1.807) is 0 Å². The molecular formula is C5H8Na2O5+2. The van der Waals surface area contributed by atoms with Gasteiger partial charge in [-0.3, -0.25) is 4.79 Å². The smallest absolute Gasteiger partial charge is 0.481 e. The third kappa shape index (κ3) is 10.9. The molecule has 0 radical (unpaired) electrons. The first kappa shape index (κ1) is 18.6. The maximum atomic E-state index is 9.87. The largest absolute Gasteiger partial charge is 1.00 e. The van der Waals surface area contributed by atoms with Gasteiger partial charge in [0.2, 0.25) is 0 Å². The molecule has 0 rings (SSSR count). The number of rotatable bonds is 4. The SMILES string of the molecule is O=C(O)CC[C@@H](O)C(=O)O.[Na+].[Na+]. The fourth-order valence-electron chi connectivity index (χ4n) is 0.384. The first-order valence-electron chi connectivity index (χ1n) is 2.66. The van der Waals surface area contributed by atoms with E-state index in [1.165, 1.54) is 0 Å². The van der Waals surface area contributed by atoms with Gasteiger partial charge in [0.25, 0.3) is 0 Å². The number of aliphatic hydroxyl groups excluding tert-OH is 1. The van der Waals surface area contributed by atoms with Crippen LogP contribution in [-0.4, -0.2) is 33.4 Å². The number of carboxylic acids is 2. The summed E-state index contributed by atoms with van der Waals surface area (Å²) in [5.74, 6) is -2.50. The van der Waals surface area contributed by atoms with Crippen LogP contribution in [0.4, 0.5) is 0 Å². The van der Waals surface area contributed by atoms with E-state index >= 15 is 0 Å². The monoisotopic (exact) mass is 194 g/mol. The molecular weight excluding hydrogens is 186 g/mol. The van der Waals surface area contributed by atoms with Crippen LogP contribution in [0.15, 0.2) is 0 Å². The minimum absolute atomic E-state index is 0. The predicted octanol–water partition coefficient (Wildman–Crippen LogP) is -6.70. The molecule has 5 nitrogen and oxygen atoms in total. The maximum Gasteiger partial charge on any atom is 1.00 e. The van der Waals surface area contributed by atoms with Crippen molar-refractivity contribution >= 4 is 11.9 Å². The molecule has 0 aromatic carbocycles. The summed E-state index contributed by atoms with van der Waals surface area (Å²) in [6.45, 7) is 0. The van der Waals surface area contributed by atoms with Gasteiger partial charge in [-0.2, -0.15) is 0 Å². The van der Waals surface area contributed by atoms with Gasteiger partial charge in [0.15, 0.2) is 6.10 Å². The molecule has 0 saturated carbocycles. The number of hydrogen-bond donors (Lipinski definition) is 3. The van der Waals surface area contributed by atoms with Gasteiger partial charge in [0.1, 0.15) is 0 Å². The van der Waals surface area contributed by atoms with Crippen molar-refractivity contribution in [1.29, 1.82) is 0 Å². The normalized spacial score (nSPS) is 10.4. The van der Waals surface area contributed by atoms with E-state index in [4.69, 9.17) is 15.3 Å². The van der Waals surface area contributed by atoms with Crippen LogP contribution < -0.4 is 59.1 Å². The zero-order valence-corrected chi connectivity index (χ0v) is 11.1. The predicted molar refractivity (Wildman–Crippen MR) is 30.5 cm³/mol. The Bertz CT molecular complexity index is 149. The van der Waals surface area contributed by atoms with Crippen LogP contribution >= 0.6 is 0 Å². The summed E-state index contributed by atoms with van der Waals surface area (Å²) in [5.41, 5.74) is 0. The molecule has 0 saturated heterocycles. The molecule has 0 aliphatic rings. The van der Waals surface area contributed by atoms with E-state index < -0.39 is 18.0 Å². The van der Waals surface area contributed by atoms with Crippen molar-refractivity contribution < 1.29 is 84.0 Å². The first-order valence-corrected chi connectivity index (χ1v) is 2.66. The Hall–Kier alpha value is 0.900. The minimum Gasteiger partial charge on any atom is -0.481 e. The molecule has 0 spiro atoms. The van der Waals surface area contributed by atoms with Crippen molar-refractivity contribution in [2.75, 3.05) is 0 Å². The summed E-state index contributed by atoms with van der Waals surface area (Å²) in [4.78, 5) is 19.7. The van der Waals surface area contributed by atoms with Crippen molar-refractivity contribution in [2.24, 2.45) is 0 Å². The molecule has 3 N–H and O–H groups in total.